The molecule has 0 aromatic heterocycles. The summed E-state index contributed by atoms with van der Waals surface area (Å²) in [7, 11) is 3.99. The minimum Gasteiger partial charge on any atom is -0.480 e. The van der Waals surface area contributed by atoms with Crippen LogP contribution in [0.1, 0.15) is 32.1 Å². The number of rotatable bonds is 5. The van der Waals surface area contributed by atoms with Gasteiger partial charge in [-0.05, 0) is 26.9 Å². The van der Waals surface area contributed by atoms with Gasteiger partial charge in [0.15, 0.2) is 0 Å². The molecule has 4 heteroatoms. The standard InChI is InChI=1S/C11H22N2O2/c1-13(2)9-8-12-11(10(14)15)6-4-3-5-7-11/h12H,3-9H2,1-2H3,(H,14,15). The number of likely N-dealkylation sites (N-methyl/N-ethyl adjacent to an activating group) is 1. The van der Waals surface area contributed by atoms with Gasteiger partial charge in [-0.3, -0.25) is 4.79 Å². The predicted molar refractivity (Wildman–Crippen MR) is 60.0 cm³/mol. The van der Waals surface area contributed by atoms with Crippen LogP contribution in [-0.4, -0.2) is 48.7 Å². The van der Waals surface area contributed by atoms with Crippen molar-refractivity contribution in [3.8, 4) is 0 Å². The first kappa shape index (κ1) is 12.5. The molecular formula is C11H22N2O2. The van der Waals surface area contributed by atoms with Crippen LogP contribution in [0.15, 0.2) is 0 Å². The molecule has 1 aliphatic rings. The average Bonchev–Trinajstić information content (AvgIpc) is 2.18. The lowest BCUT2D eigenvalue weighted by molar-refractivity contribution is -0.146. The van der Waals surface area contributed by atoms with E-state index in [9.17, 15) is 9.90 Å². The normalized spacial score (nSPS) is 20.5. The van der Waals surface area contributed by atoms with Crippen LogP contribution in [0.5, 0.6) is 0 Å². The molecule has 0 heterocycles. The Kier molecular flexibility index (Phi) is 4.54. The van der Waals surface area contributed by atoms with E-state index in [2.05, 4.69) is 10.2 Å². The Labute approximate surface area is 91.6 Å². The second-order valence-corrected chi connectivity index (χ2v) is 4.68. The Morgan fingerprint density at radius 2 is 1.93 bits per heavy atom. The predicted octanol–water partition coefficient (Wildman–Crippen LogP) is 0.925. The lowest BCUT2D eigenvalue weighted by atomic mass is 9.81. The summed E-state index contributed by atoms with van der Waals surface area (Å²) >= 11 is 0. The third kappa shape index (κ3) is 3.47. The van der Waals surface area contributed by atoms with Crippen molar-refractivity contribution in [2.45, 2.75) is 37.6 Å². The van der Waals surface area contributed by atoms with Gasteiger partial charge in [-0.15, -0.1) is 0 Å². The van der Waals surface area contributed by atoms with Gasteiger partial charge in [-0.2, -0.15) is 0 Å². The first-order chi connectivity index (χ1) is 7.07. The van der Waals surface area contributed by atoms with Crippen LogP contribution in [0.25, 0.3) is 0 Å². The highest BCUT2D eigenvalue weighted by molar-refractivity contribution is 5.78. The summed E-state index contributed by atoms with van der Waals surface area (Å²) < 4.78 is 0. The number of carboxylic acid groups (broad SMARTS) is 1. The molecule has 15 heavy (non-hydrogen) atoms. The first-order valence-electron chi connectivity index (χ1n) is 5.70. The highest BCUT2D eigenvalue weighted by Crippen LogP contribution is 2.28. The second kappa shape index (κ2) is 5.47. The van der Waals surface area contributed by atoms with E-state index >= 15 is 0 Å². The molecule has 2 N–H and O–H groups in total. The van der Waals surface area contributed by atoms with E-state index in [4.69, 9.17) is 0 Å². The SMILES string of the molecule is CN(C)CCNC1(C(=O)O)CCCCC1. The van der Waals surface area contributed by atoms with E-state index in [1.807, 2.05) is 14.1 Å². The third-order valence-electron chi connectivity index (χ3n) is 3.14. The summed E-state index contributed by atoms with van der Waals surface area (Å²) in [6, 6.07) is 0. The number of hydrogen-bond donors (Lipinski definition) is 2. The molecule has 1 aliphatic carbocycles. The van der Waals surface area contributed by atoms with Crippen LogP contribution in [0.3, 0.4) is 0 Å². The topological polar surface area (TPSA) is 52.6 Å². The molecule has 0 radical (unpaired) electrons. The van der Waals surface area contributed by atoms with Crippen LogP contribution >= 0.6 is 0 Å². The molecule has 0 aromatic carbocycles. The molecule has 1 fully saturated rings. The van der Waals surface area contributed by atoms with E-state index in [0.29, 0.717) is 0 Å². The molecule has 0 unspecified atom stereocenters. The van der Waals surface area contributed by atoms with E-state index in [1.165, 1.54) is 6.42 Å². The number of nitrogens with zero attached hydrogens (tertiary/aromatic N) is 1. The summed E-state index contributed by atoms with van der Waals surface area (Å²) in [5.41, 5.74) is -0.645. The lowest BCUT2D eigenvalue weighted by Crippen LogP contribution is -2.54. The number of nitrogens with one attached hydrogen (secondary N) is 1. The molecule has 88 valence electrons. The van der Waals surface area contributed by atoms with Gasteiger partial charge in [0, 0.05) is 13.1 Å². The van der Waals surface area contributed by atoms with Crippen LogP contribution in [0.4, 0.5) is 0 Å². The number of hydrogen-bond acceptors (Lipinski definition) is 3. The summed E-state index contributed by atoms with van der Waals surface area (Å²) in [6.07, 6.45) is 4.78. The fourth-order valence-corrected chi connectivity index (χ4v) is 2.14. The molecule has 0 atom stereocenters. The Morgan fingerprint density at radius 1 is 1.33 bits per heavy atom. The molecule has 1 rings (SSSR count). The maximum Gasteiger partial charge on any atom is 0.323 e. The quantitative estimate of drug-likeness (QED) is 0.714. The Balaban J connectivity index is 2.46. The van der Waals surface area contributed by atoms with Gasteiger partial charge >= 0.3 is 5.97 Å². The molecule has 0 bridgehead atoms. The largest absolute Gasteiger partial charge is 0.480 e. The van der Waals surface area contributed by atoms with Crippen molar-refractivity contribution in [3.63, 3.8) is 0 Å². The van der Waals surface area contributed by atoms with Crippen LogP contribution in [-0.2, 0) is 4.79 Å². The van der Waals surface area contributed by atoms with Gasteiger partial charge in [0.25, 0.3) is 0 Å². The van der Waals surface area contributed by atoms with Crippen molar-refractivity contribution in [1.82, 2.24) is 10.2 Å². The zero-order valence-electron chi connectivity index (χ0n) is 9.75. The van der Waals surface area contributed by atoms with Crippen molar-refractivity contribution < 1.29 is 9.90 Å². The highest BCUT2D eigenvalue weighted by atomic mass is 16.4. The molecule has 0 aliphatic heterocycles. The summed E-state index contributed by atoms with van der Waals surface area (Å²) in [5.74, 6) is -0.680. The van der Waals surface area contributed by atoms with Crippen molar-refractivity contribution >= 4 is 5.97 Å². The minimum atomic E-state index is -0.680. The summed E-state index contributed by atoms with van der Waals surface area (Å²) in [6.45, 7) is 1.63. The van der Waals surface area contributed by atoms with E-state index in [-0.39, 0.29) is 0 Å². The maximum atomic E-state index is 11.3. The lowest BCUT2D eigenvalue weighted by Gasteiger charge is -2.34. The molecule has 1 saturated carbocycles. The molecule has 0 spiro atoms. The first-order valence-corrected chi connectivity index (χ1v) is 5.70. The zero-order valence-corrected chi connectivity index (χ0v) is 9.75. The number of carboxylic acids is 1. The van der Waals surface area contributed by atoms with Crippen molar-refractivity contribution in [1.29, 1.82) is 0 Å². The average molecular weight is 214 g/mol. The minimum absolute atomic E-state index is 0.645. The summed E-state index contributed by atoms with van der Waals surface area (Å²) in [5, 5.41) is 12.5. The van der Waals surface area contributed by atoms with Crippen LogP contribution in [0.2, 0.25) is 0 Å². The highest BCUT2D eigenvalue weighted by Gasteiger charge is 2.38. The summed E-state index contributed by atoms with van der Waals surface area (Å²) in [4.78, 5) is 13.3. The smallest absolute Gasteiger partial charge is 0.323 e. The Morgan fingerprint density at radius 3 is 2.40 bits per heavy atom. The molecule has 0 aromatic rings. The van der Waals surface area contributed by atoms with E-state index < -0.39 is 11.5 Å². The maximum absolute atomic E-state index is 11.3. The van der Waals surface area contributed by atoms with Gasteiger partial charge in [-0.1, -0.05) is 19.3 Å². The second-order valence-electron chi connectivity index (χ2n) is 4.68. The van der Waals surface area contributed by atoms with Crippen molar-refractivity contribution in [2.24, 2.45) is 0 Å². The molecular weight excluding hydrogens is 192 g/mol. The van der Waals surface area contributed by atoms with Crippen molar-refractivity contribution in [2.75, 3.05) is 27.2 Å². The molecule has 4 nitrogen and oxygen atoms in total. The van der Waals surface area contributed by atoms with Crippen molar-refractivity contribution in [3.05, 3.63) is 0 Å². The van der Waals surface area contributed by atoms with Gasteiger partial charge in [0.2, 0.25) is 0 Å². The molecule has 0 amide bonds. The fourth-order valence-electron chi connectivity index (χ4n) is 2.14. The Bertz CT molecular complexity index is 211. The van der Waals surface area contributed by atoms with Gasteiger partial charge in [-0.25, -0.2) is 0 Å². The Hall–Kier alpha value is -0.610. The zero-order chi connectivity index (χ0) is 11.3. The van der Waals surface area contributed by atoms with E-state index in [1.54, 1.807) is 0 Å². The monoisotopic (exact) mass is 214 g/mol. The third-order valence-corrected chi connectivity index (χ3v) is 3.14. The molecule has 0 saturated heterocycles. The van der Waals surface area contributed by atoms with E-state index in [0.717, 1.165) is 38.8 Å². The number of carbonyl (C=O) groups is 1. The van der Waals surface area contributed by atoms with Gasteiger partial charge < -0.3 is 15.3 Å². The van der Waals surface area contributed by atoms with Crippen LogP contribution in [0, 0.1) is 0 Å². The van der Waals surface area contributed by atoms with Crippen LogP contribution < -0.4 is 5.32 Å². The van der Waals surface area contributed by atoms with Gasteiger partial charge in [0.05, 0.1) is 0 Å². The van der Waals surface area contributed by atoms with Gasteiger partial charge in [0.1, 0.15) is 5.54 Å². The fraction of sp³-hybridized carbons (Fsp3) is 0.909. The number of aliphatic carboxylic acids is 1.